The van der Waals surface area contributed by atoms with Gasteiger partial charge in [-0.15, -0.1) is 0 Å². The van der Waals surface area contributed by atoms with Crippen molar-refractivity contribution in [3.05, 3.63) is 55.6 Å². The van der Waals surface area contributed by atoms with Gasteiger partial charge in [-0.05, 0) is 26.3 Å². The molecule has 0 aliphatic carbocycles. The molecule has 0 atom stereocenters. The highest BCUT2D eigenvalue weighted by Gasteiger charge is 2.20. The molecule has 2 aromatic rings. The molecule has 2 aromatic heterocycles. The van der Waals surface area contributed by atoms with E-state index in [4.69, 9.17) is 4.74 Å². The van der Waals surface area contributed by atoms with Crippen LogP contribution in [0.1, 0.15) is 39.0 Å². The van der Waals surface area contributed by atoms with Crippen LogP contribution in [0.15, 0.2) is 21.9 Å². The summed E-state index contributed by atoms with van der Waals surface area (Å²) in [5.74, 6) is -1.47. The summed E-state index contributed by atoms with van der Waals surface area (Å²) in [4.78, 5) is 62.8. The average molecular weight is 347 g/mol. The van der Waals surface area contributed by atoms with Gasteiger partial charge in [0, 0.05) is 23.5 Å². The third-order valence-electron chi connectivity index (χ3n) is 3.63. The smallest absolute Gasteiger partial charge is 0.328 e. The van der Waals surface area contributed by atoms with Gasteiger partial charge in [-0.3, -0.25) is 28.7 Å². The number of aromatic nitrogens is 3. The van der Waals surface area contributed by atoms with Gasteiger partial charge in [0.1, 0.15) is 6.54 Å². The van der Waals surface area contributed by atoms with Gasteiger partial charge in [0.15, 0.2) is 12.4 Å². The Labute approximate surface area is 141 Å². The van der Waals surface area contributed by atoms with E-state index in [0.29, 0.717) is 16.8 Å². The van der Waals surface area contributed by atoms with Crippen LogP contribution in [0.25, 0.3) is 0 Å². The summed E-state index contributed by atoms with van der Waals surface area (Å²) < 4.78 is 5.82. The quantitative estimate of drug-likeness (QED) is 0.563. The number of nitrogens with zero attached hydrogens (tertiary/aromatic N) is 1. The number of Topliss-reactive ketones (excluding diaryl/α,β-unsaturated/α-hetero) is 2. The molecule has 0 radical (unpaired) electrons. The predicted octanol–water partition coefficient (Wildman–Crippen LogP) is 0.110. The first kappa shape index (κ1) is 18.1. The summed E-state index contributed by atoms with van der Waals surface area (Å²) in [5, 5.41) is 0. The number of H-pyrrole nitrogens is 2. The van der Waals surface area contributed by atoms with Crippen molar-refractivity contribution in [3.8, 4) is 0 Å². The van der Waals surface area contributed by atoms with Gasteiger partial charge in [-0.2, -0.15) is 0 Å². The topological polar surface area (TPSA) is 131 Å². The van der Waals surface area contributed by atoms with Crippen LogP contribution >= 0.6 is 0 Å². The Morgan fingerprint density at radius 2 is 1.84 bits per heavy atom. The highest BCUT2D eigenvalue weighted by molar-refractivity contribution is 6.04. The minimum Gasteiger partial charge on any atom is -0.456 e. The molecule has 0 saturated heterocycles. The zero-order chi connectivity index (χ0) is 18.7. The number of ketones is 2. The van der Waals surface area contributed by atoms with Crippen molar-refractivity contribution >= 4 is 17.5 Å². The second-order valence-electron chi connectivity index (χ2n) is 5.50. The van der Waals surface area contributed by atoms with Crippen molar-refractivity contribution in [3.63, 3.8) is 0 Å². The fourth-order valence-corrected chi connectivity index (χ4v) is 2.53. The van der Waals surface area contributed by atoms with Crippen LogP contribution in [0, 0.1) is 13.8 Å². The van der Waals surface area contributed by atoms with Crippen molar-refractivity contribution < 1.29 is 19.1 Å². The molecule has 0 fully saturated rings. The molecule has 0 saturated carbocycles. The second-order valence-corrected chi connectivity index (χ2v) is 5.50. The van der Waals surface area contributed by atoms with Gasteiger partial charge < -0.3 is 9.72 Å². The maximum Gasteiger partial charge on any atom is 0.328 e. The van der Waals surface area contributed by atoms with Gasteiger partial charge in [0.2, 0.25) is 5.78 Å². The molecule has 2 rings (SSSR count). The van der Waals surface area contributed by atoms with Crippen molar-refractivity contribution in [1.29, 1.82) is 0 Å². The van der Waals surface area contributed by atoms with Crippen LogP contribution in [0.2, 0.25) is 0 Å². The van der Waals surface area contributed by atoms with Gasteiger partial charge in [-0.25, -0.2) is 4.79 Å². The lowest BCUT2D eigenvalue weighted by Gasteiger charge is -2.06. The van der Waals surface area contributed by atoms with E-state index in [0.717, 1.165) is 16.8 Å². The van der Waals surface area contributed by atoms with Crippen LogP contribution in [0.4, 0.5) is 0 Å². The lowest BCUT2D eigenvalue weighted by Crippen LogP contribution is -2.31. The highest BCUT2D eigenvalue weighted by Crippen LogP contribution is 2.18. The van der Waals surface area contributed by atoms with E-state index in [1.165, 1.54) is 6.92 Å². The molecule has 0 aromatic carbocycles. The maximum atomic E-state index is 12.2. The molecule has 9 nitrogen and oxygen atoms in total. The van der Waals surface area contributed by atoms with Gasteiger partial charge >= 0.3 is 11.7 Å². The molecule has 0 spiro atoms. The van der Waals surface area contributed by atoms with E-state index < -0.39 is 36.2 Å². The summed E-state index contributed by atoms with van der Waals surface area (Å²) in [6, 6.07) is 1.09. The monoisotopic (exact) mass is 347 g/mol. The highest BCUT2D eigenvalue weighted by atomic mass is 16.5. The molecular formula is C16H17N3O6. The first-order chi connectivity index (χ1) is 11.7. The van der Waals surface area contributed by atoms with Crippen molar-refractivity contribution in [2.75, 3.05) is 6.61 Å². The zero-order valence-corrected chi connectivity index (χ0v) is 14.0. The first-order valence-electron chi connectivity index (χ1n) is 7.39. The number of hydrogen-bond donors (Lipinski definition) is 2. The molecular weight excluding hydrogens is 330 g/mol. The molecule has 0 amide bonds. The van der Waals surface area contributed by atoms with E-state index in [9.17, 15) is 24.0 Å². The standard InChI is InChI=1S/C16H17N3O6/c1-8-14(10(3)20)9(2)17-15(8)11(21)7-25-13(23)6-19-5-4-12(22)18-16(19)24/h4-5,17H,6-7H2,1-3H3,(H,18,22,24). The number of ether oxygens (including phenoxy) is 1. The number of hydrogen-bond acceptors (Lipinski definition) is 6. The van der Waals surface area contributed by atoms with Crippen LogP contribution in [-0.2, 0) is 16.1 Å². The molecule has 0 unspecified atom stereocenters. The van der Waals surface area contributed by atoms with E-state index >= 15 is 0 Å². The van der Waals surface area contributed by atoms with Crippen molar-refractivity contribution in [2.24, 2.45) is 0 Å². The number of aromatic amines is 2. The predicted molar refractivity (Wildman–Crippen MR) is 86.9 cm³/mol. The van der Waals surface area contributed by atoms with Gasteiger partial charge in [0.25, 0.3) is 5.56 Å². The van der Waals surface area contributed by atoms with Gasteiger partial charge in [0.05, 0.1) is 5.69 Å². The van der Waals surface area contributed by atoms with Crippen LogP contribution in [0.3, 0.4) is 0 Å². The van der Waals surface area contributed by atoms with Crippen molar-refractivity contribution in [1.82, 2.24) is 14.5 Å². The lowest BCUT2D eigenvalue weighted by molar-refractivity contribution is -0.143. The SMILES string of the molecule is CC(=O)c1c(C)[nH]c(C(=O)COC(=O)Cn2ccc(=O)[nH]c2=O)c1C. The Balaban J connectivity index is 2.04. The molecule has 2 heterocycles. The molecule has 0 aliphatic heterocycles. The largest absolute Gasteiger partial charge is 0.456 e. The lowest BCUT2D eigenvalue weighted by atomic mass is 10.1. The van der Waals surface area contributed by atoms with Crippen molar-refractivity contribution in [2.45, 2.75) is 27.3 Å². The summed E-state index contributed by atoms with van der Waals surface area (Å²) in [7, 11) is 0. The Morgan fingerprint density at radius 3 is 2.40 bits per heavy atom. The van der Waals surface area contributed by atoms with Crippen LogP contribution in [0.5, 0.6) is 0 Å². The van der Waals surface area contributed by atoms with E-state index in [-0.39, 0.29) is 11.5 Å². The molecule has 0 bridgehead atoms. The normalized spacial score (nSPS) is 10.5. The third-order valence-corrected chi connectivity index (χ3v) is 3.63. The average Bonchev–Trinajstić information content (AvgIpc) is 2.82. The fraction of sp³-hybridized carbons (Fsp3) is 0.312. The first-order valence-corrected chi connectivity index (χ1v) is 7.39. The van der Waals surface area contributed by atoms with E-state index in [1.54, 1.807) is 13.8 Å². The Hall–Kier alpha value is -3.23. The minimum absolute atomic E-state index is 0.167. The minimum atomic E-state index is -0.810. The summed E-state index contributed by atoms with van der Waals surface area (Å²) >= 11 is 0. The Morgan fingerprint density at radius 1 is 1.16 bits per heavy atom. The van der Waals surface area contributed by atoms with E-state index in [2.05, 4.69) is 4.98 Å². The Bertz CT molecular complexity index is 963. The summed E-state index contributed by atoms with van der Waals surface area (Å²) in [6.45, 7) is 3.74. The number of esters is 1. The fourth-order valence-electron chi connectivity index (χ4n) is 2.53. The maximum absolute atomic E-state index is 12.2. The molecule has 9 heteroatoms. The molecule has 0 aliphatic rings. The van der Waals surface area contributed by atoms with E-state index in [1.807, 2.05) is 4.98 Å². The number of nitrogens with one attached hydrogen (secondary N) is 2. The van der Waals surface area contributed by atoms with Crippen LogP contribution < -0.4 is 11.2 Å². The molecule has 25 heavy (non-hydrogen) atoms. The number of aryl methyl sites for hydroxylation is 1. The number of carbonyl (C=O) groups excluding carboxylic acids is 3. The zero-order valence-electron chi connectivity index (χ0n) is 14.0. The number of rotatable bonds is 6. The summed E-state index contributed by atoms with van der Waals surface area (Å²) in [5.41, 5.74) is 0.384. The summed E-state index contributed by atoms with van der Waals surface area (Å²) in [6.07, 6.45) is 1.15. The number of carbonyl (C=O) groups is 3. The Kier molecular flexibility index (Phi) is 5.16. The van der Waals surface area contributed by atoms with Gasteiger partial charge in [-0.1, -0.05) is 0 Å². The van der Waals surface area contributed by atoms with Crippen LogP contribution in [-0.4, -0.2) is 38.7 Å². The molecule has 132 valence electrons. The third kappa shape index (κ3) is 4.00. The molecule has 2 N–H and O–H groups in total. The second kappa shape index (κ2) is 7.12.